The van der Waals surface area contributed by atoms with Crippen molar-refractivity contribution in [2.45, 2.75) is 0 Å². The van der Waals surface area contributed by atoms with Gasteiger partial charge in [0.2, 0.25) is 0 Å². The normalized spacial score (nSPS) is 10.3. The minimum atomic E-state index is -0.555. The Morgan fingerprint density at radius 1 is 1.28 bits per heavy atom. The zero-order valence-corrected chi connectivity index (χ0v) is 9.81. The lowest BCUT2D eigenvalue weighted by molar-refractivity contribution is 0.0600. The minimum Gasteiger partial charge on any atom is -0.507 e. The van der Waals surface area contributed by atoms with E-state index in [4.69, 9.17) is 4.74 Å². The van der Waals surface area contributed by atoms with E-state index in [1.54, 1.807) is 0 Å². The molecule has 94 valence electrons. The summed E-state index contributed by atoms with van der Waals surface area (Å²) in [6.07, 6.45) is 0. The van der Waals surface area contributed by atoms with Crippen molar-refractivity contribution in [3.8, 4) is 11.5 Å². The van der Waals surface area contributed by atoms with Crippen LogP contribution in [0.2, 0.25) is 0 Å². The first kappa shape index (κ1) is 12.0. The molecule has 2 aromatic rings. The zero-order chi connectivity index (χ0) is 13.3. The van der Waals surface area contributed by atoms with Crippen molar-refractivity contribution in [1.82, 2.24) is 4.98 Å². The summed E-state index contributed by atoms with van der Waals surface area (Å²) in [4.78, 5) is 25.3. The third kappa shape index (κ3) is 1.88. The lowest BCUT2D eigenvalue weighted by atomic mass is 10.1. The number of carbonyl (C=O) groups is 1. The first-order valence-electron chi connectivity index (χ1n) is 5.09. The fraction of sp³-hybridized carbons (Fsp3) is 0.167. The van der Waals surface area contributed by atoms with Crippen molar-refractivity contribution in [3.05, 3.63) is 34.1 Å². The molecular formula is C12H11NO5. The Hall–Kier alpha value is -2.50. The van der Waals surface area contributed by atoms with Gasteiger partial charge in [0.25, 0.3) is 5.56 Å². The van der Waals surface area contributed by atoms with Crippen LogP contribution in [0, 0.1) is 0 Å². The number of carbonyl (C=O) groups excluding carboxylic acids is 1. The molecule has 18 heavy (non-hydrogen) atoms. The second-order valence-electron chi connectivity index (χ2n) is 3.61. The summed E-state index contributed by atoms with van der Waals surface area (Å²) in [5.74, 6) is -0.500. The summed E-state index contributed by atoms with van der Waals surface area (Å²) < 4.78 is 9.68. The first-order valence-corrected chi connectivity index (χ1v) is 5.09. The van der Waals surface area contributed by atoms with Crippen LogP contribution >= 0.6 is 0 Å². The lowest BCUT2D eigenvalue weighted by Gasteiger charge is -2.08. The van der Waals surface area contributed by atoms with Crippen LogP contribution in [0.5, 0.6) is 11.5 Å². The molecule has 0 amide bonds. The molecule has 2 N–H and O–H groups in total. The summed E-state index contributed by atoms with van der Waals surface area (Å²) >= 11 is 0. The van der Waals surface area contributed by atoms with Crippen molar-refractivity contribution in [2.75, 3.05) is 14.2 Å². The van der Waals surface area contributed by atoms with Gasteiger partial charge in [0.15, 0.2) is 0 Å². The average molecular weight is 249 g/mol. The third-order valence-electron chi connectivity index (χ3n) is 2.54. The van der Waals surface area contributed by atoms with E-state index in [9.17, 15) is 14.7 Å². The number of hydrogen-bond donors (Lipinski definition) is 2. The van der Waals surface area contributed by atoms with E-state index in [2.05, 4.69) is 9.72 Å². The molecule has 0 radical (unpaired) electrons. The van der Waals surface area contributed by atoms with Crippen molar-refractivity contribution in [2.24, 2.45) is 0 Å². The lowest BCUT2D eigenvalue weighted by Crippen LogP contribution is -2.06. The Labute approximate surface area is 102 Å². The number of aromatic amines is 1. The van der Waals surface area contributed by atoms with Gasteiger partial charge in [0.05, 0.1) is 25.3 Å². The fourth-order valence-corrected chi connectivity index (χ4v) is 1.70. The van der Waals surface area contributed by atoms with Crippen LogP contribution in [-0.2, 0) is 4.74 Å². The Morgan fingerprint density at radius 3 is 2.61 bits per heavy atom. The van der Waals surface area contributed by atoms with Crippen LogP contribution in [0.25, 0.3) is 10.9 Å². The number of ether oxygens (including phenoxy) is 2. The molecule has 0 fully saturated rings. The Balaban J connectivity index is 2.83. The van der Waals surface area contributed by atoms with Crippen molar-refractivity contribution in [1.29, 1.82) is 0 Å². The van der Waals surface area contributed by atoms with Gasteiger partial charge < -0.3 is 19.6 Å². The molecule has 0 saturated carbocycles. The first-order chi connectivity index (χ1) is 8.56. The van der Waals surface area contributed by atoms with E-state index in [1.807, 2.05) is 0 Å². The van der Waals surface area contributed by atoms with Gasteiger partial charge >= 0.3 is 5.97 Å². The summed E-state index contributed by atoms with van der Waals surface area (Å²) in [7, 11) is 2.66. The van der Waals surface area contributed by atoms with Gasteiger partial charge in [-0.1, -0.05) is 0 Å². The predicted molar refractivity (Wildman–Crippen MR) is 64.1 cm³/mol. The number of aromatic nitrogens is 1. The number of methoxy groups -OCH3 is 2. The number of pyridine rings is 1. The smallest absolute Gasteiger partial charge is 0.338 e. The molecule has 0 aliphatic rings. The molecule has 0 saturated heterocycles. The summed E-state index contributed by atoms with van der Waals surface area (Å²) in [6, 6.07) is 3.89. The molecule has 1 aromatic heterocycles. The third-order valence-corrected chi connectivity index (χ3v) is 2.54. The van der Waals surface area contributed by atoms with Crippen LogP contribution < -0.4 is 10.3 Å². The standard InChI is InChI=1S/C12H11NO5/c1-17-9-4-6(12(16)18-2)3-7-8(14)5-10(15)13-11(7)9/h3-5H,1-2H3,(H2,13,14,15). The van der Waals surface area contributed by atoms with Crippen molar-refractivity contribution >= 4 is 16.9 Å². The molecule has 0 aliphatic heterocycles. The van der Waals surface area contributed by atoms with Gasteiger partial charge in [-0.15, -0.1) is 0 Å². The largest absolute Gasteiger partial charge is 0.507 e. The SMILES string of the molecule is COC(=O)c1cc(OC)c2[nH]c(=O)cc(O)c2c1. The monoisotopic (exact) mass is 249 g/mol. The molecule has 6 nitrogen and oxygen atoms in total. The fourth-order valence-electron chi connectivity index (χ4n) is 1.70. The maximum Gasteiger partial charge on any atom is 0.338 e. The van der Waals surface area contributed by atoms with Gasteiger partial charge in [-0.05, 0) is 12.1 Å². The summed E-state index contributed by atoms with van der Waals surface area (Å²) in [5.41, 5.74) is 0.100. The quantitative estimate of drug-likeness (QED) is 0.776. The number of benzene rings is 1. The summed E-state index contributed by atoms with van der Waals surface area (Å²) in [6.45, 7) is 0. The molecule has 1 aromatic carbocycles. The second kappa shape index (κ2) is 4.40. The Morgan fingerprint density at radius 2 is 2.00 bits per heavy atom. The van der Waals surface area contributed by atoms with E-state index in [0.29, 0.717) is 10.9 Å². The maximum atomic E-state index is 11.5. The van der Waals surface area contributed by atoms with Crippen LogP contribution in [-0.4, -0.2) is 30.3 Å². The van der Waals surface area contributed by atoms with E-state index >= 15 is 0 Å². The molecule has 0 atom stereocenters. The van der Waals surface area contributed by atoms with Crippen LogP contribution in [0.15, 0.2) is 23.0 Å². The molecule has 2 rings (SSSR count). The molecular weight excluding hydrogens is 238 g/mol. The van der Waals surface area contributed by atoms with Crippen molar-refractivity contribution in [3.63, 3.8) is 0 Å². The second-order valence-corrected chi connectivity index (χ2v) is 3.61. The highest BCUT2D eigenvalue weighted by Crippen LogP contribution is 2.30. The molecule has 1 heterocycles. The number of nitrogens with one attached hydrogen (secondary N) is 1. The number of aromatic hydroxyl groups is 1. The Kier molecular flexibility index (Phi) is 2.93. The average Bonchev–Trinajstić information content (AvgIpc) is 2.36. The number of rotatable bonds is 2. The van der Waals surface area contributed by atoms with Gasteiger partial charge in [-0.2, -0.15) is 0 Å². The van der Waals surface area contributed by atoms with E-state index in [-0.39, 0.29) is 17.1 Å². The topological polar surface area (TPSA) is 88.6 Å². The Bertz CT molecular complexity index is 674. The molecule has 0 spiro atoms. The van der Waals surface area contributed by atoms with E-state index < -0.39 is 11.5 Å². The number of fused-ring (bicyclic) bond motifs is 1. The molecule has 0 aliphatic carbocycles. The van der Waals surface area contributed by atoms with Crippen LogP contribution in [0.3, 0.4) is 0 Å². The number of hydrogen-bond acceptors (Lipinski definition) is 5. The minimum absolute atomic E-state index is 0.224. The number of esters is 1. The number of H-pyrrole nitrogens is 1. The highest BCUT2D eigenvalue weighted by atomic mass is 16.5. The highest BCUT2D eigenvalue weighted by Gasteiger charge is 2.14. The molecule has 0 bridgehead atoms. The summed E-state index contributed by atoms with van der Waals surface area (Å²) in [5, 5.41) is 10.0. The molecule has 6 heteroatoms. The molecule has 0 unspecified atom stereocenters. The highest BCUT2D eigenvalue weighted by molar-refractivity contribution is 5.98. The maximum absolute atomic E-state index is 11.5. The van der Waals surface area contributed by atoms with Crippen LogP contribution in [0.4, 0.5) is 0 Å². The van der Waals surface area contributed by atoms with Gasteiger partial charge in [-0.25, -0.2) is 4.79 Å². The van der Waals surface area contributed by atoms with Gasteiger partial charge in [-0.3, -0.25) is 4.79 Å². The van der Waals surface area contributed by atoms with E-state index in [1.165, 1.54) is 26.4 Å². The van der Waals surface area contributed by atoms with Crippen molar-refractivity contribution < 1.29 is 19.4 Å². The van der Waals surface area contributed by atoms with Crippen LogP contribution in [0.1, 0.15) is 10.4 Å². The van der Waals surface area contributed by atoms with E-state index in [0.717, 1.165) is 6.07 Å². The van der Waals surface area contributed by atoms with Gasteiger partial charge in [0.1, 0.15) is 11.5 Å². The van der Waals surface area contributed by atoms with Gasteiger partial charge in [0, 0.05) is 11.5 Å². The zero-order valence-electron chi connectivity index (χ0n) is 9.81. The predicted octanol–water partition coefficient (Wildman–Crippen LogP) is 1.03.